The van der Waals surface area contributed by atoms with Crippen LogP contribution >= 0.6 is 0 Å². The fourth-order valence-corrected chi connectivity index (χ4v) is 10.2. The maximum Gasteiger partial charge on any atom is 0.0543 e. The molecule has 0 spiro atoms. The molecule has 1 heterocycles. The van der Waals surface area contributed by atoms with Crippen LogP contribution in [0.5, 0.6) is 0 Å². The standard InChI is InChI=1S/C48H54N2/c1-31-26-35(30-36(27-31)50-41-22-14-13-20-39(41)47(9)24-15-16-25-48(47,50)10)49(44-32(2)28-34(29-33(44)3)45(4,5)6)42-23-17-21-40-43(42)37-18-11-12-19-38(37)46(40,7)8/h11-14,17-23,26-30H,15-16,24-25H2,1-10H3. The van der Waals surface area contributed by atoms with Crippen LogP contribution in [0.4, 0.5) is 28.4 Å². The Morgan fingerprint density at radius 3 is 2.02 bits per heavy atom. The first-order chi connectivity index (χ1) is 23.7. The van der Waals surface area contributed by atoms with E-state index in [1.807, 2.05) is 0 Å². The summed E-state index contributed by atoms with van der Waals surface area (Å²) < 4.78 is 0. The highest BCUT2D eigenvalue weighted by Crippen LogP contribution is 2.61. The molecule has 5 aromatic rings. The first-order valence-corrected chi connectivity index (χ1v) is 18.8. The Balaban J connectivity index is 1.41. The van der Waals surface area contributed by atoms with Gasteiger partial charge < -0.3 is 9.80 Å². The number of anilines is 5. The molecule has 1 aliphatic heterocycles. The van der Waals surface area contributed by atoms with Crippen molar-refractivity contribution in [1.29, 1.82) is 0 Å². The Hall–Kier alpha value is -4.30. The van der Waals surface area contributed by atoms with Crippen molar-refractivity contribution in [2.45, 2.75) is 117 Å². The molecule has 2 nitrogen and oxygen atoms in total. The second-order valence-corrected chi connectivity index (χ2v) is 17.6. The molecule has 8 rings (SSSR count). The van der Waals surface area contributed by atoms with Crippen LogP contribution in [0, 0.1) is 20.8 Å². The fourth-order valence-electron chi connectivity index (χ4n) is 10.2. The molecule has 1 saturated carbocycles. The van der Waals surface area contributed by atoms with Gasteiger partial charge in [0.25, 0.3) is 0 Å². The Labute approximate surface area is 301 Å². The van der Waals surface area contributed by atoms with Crippen molar-refractivity contribution in [3.8, 4) is 11.1 Å². The van der Waals surface area contributed by atoms with E-state index in [2.05, 4.69) is 176 Å². The number of benzene rings is 5. The lowest BCUT2D eigenvalue weighted by Gasteiger charge is -2.50. The zero-order chi connectivity index (χ0) is 35.4. The highest BCUT2D eigenvalue weighted by atomic mass is 15.3. The highest BCUT2D eigenvalue weighted by molar-refractivity contribution is 5.96. The van der Waals surface area contributed by atoms with Crippen LogP contribution in [0.3, 0.4) is 0 Å². The lowest BCUT2D eigenvalue weighted by atomic mass is 9.61. The summed E-state index contributed by atoms with van der Waals surface area (Å²) in [5.74, 6) is 0. The third-order valence-electron chi connectivity index (χ3n) is 13.0. The van der Waals surface area contributed by atoms with E-state index in [9.17, 15) is 0 Å². The van der Waals surface area contributed by atoms with Gasteiger partial charge in [0.15, 0.2) is 0 Å². The number of aryl methyl sites for hydroxylation is 3. The van der Waals surface area contributed by atoms with Crippen LogP contribution in [0.1, 0.15) is 113 Å². The first-order valence-electron chi connectivity index (χ1n) is 18.8. The van der Waals surface area contributed by atoms with E-state index in [0.717, 1.165) is 0 Å². The Morgan fingerprint density at radius 1 is 0.660 bits per heavy atom. The summed E-state index contributed by atoms with van der Waals surface area (Å²) in [4.78, 5) is 5.33. The van der Waals surface area contributed by atoms with Gasteiger partial charge in [0.05, 0.1) is 16.9 Å². The zero-order valence-corrected chi connectivity index (χ0v) is 32.0. The van der Waals surface area contributed by atoms with E-state index in [1.54, 1.807) is 0 Å². The first kappa shape index (κ1) is 32.9. The van der Waals surface area contributed by atoms with Crippen molar-refractivity contribution < 1.29 is 0 Å². The SMILES string of the molecule is Cc1cc(N(c2cccc3c2-c2ccccc2C3(C)C)c2c(C)cc(C(C)(C)C)cc2C)cc(N2c3ccccc3C3(C)CCCCC23C)c1. The molecule has 0 bridgehead atoms. The molecule has 2 atom stereocenters. The van der Waals surface area contributed by atoms with Gasteiger partial charge >= 0.3 is 0 Å². The molecule has 0 radical (unpaired) electrons. The molecule has 0 saturated heterocycles. The molecule has 2 aliphatic carbocycles. The van der Waals surface area contributed by atoms with E-state index in [4.69, 9.17) is 0 Å². The Morgan fingerprint density at radius 2 is 1.30 bits per heavy atom. The van der Waals surface area contributed by atoms with E-state index < -0.39 is 0 Å². The van der Waals surface area contributed by atoms with Crippen molar-refractivity contribution in [2.24, 2.45) is 0 Å². The number of hydrogen-bond donors (Lipinski definition) is 0. The largest absolute Gasteiger partial charge is 0.334 e. The lowest BCUT2D eigenvalue weighted by Crippen LogP contribution is -2.54. The predicted molar refractivity (Wildman–Crippen MR) is 214 cm³/mol. The minimum atomic E-state index is -0.0785. The van der Waals surface area contributed by atoms with Crippen LogP contribution in [0.25, 0.3) is 11.1 Å². The van der Waals surface area contributed by atoms with E-state index in [1.165, 1.54) is 104 Å². The second-order valence-electron chi connectivity index (χ2n) is 17.6. The minimum Gasteiger partial charge on any atom is -0.334 e. The van der Waals surface area contributed by atoms with Gasteiger partial charge in [-0.15, -0.1) is 0 Å². The molecule has 0 aromatic heterocycles. The number of para-hydroxylation sites is 1. The van der Waals surface area contributed by atoms with Gasteiger partial charge in [-0.25, -0.2) is 0 Å². The van der Waals surface area contributed by atoms with Crippen LogP contribution in [-0.2, 0) is 16.2 Å². The molecule has 50 heavy (non-hydrogen) atoms. The molecular formula is C48H54N2. The minimum absolute atomic E-state index is 0.00196. The molecule has 2 unspecified atom stereocenters. The van der Waals surface area contributed by atoms with Crippen molar-refractivity contribution in [1.82, 2.24) is 0 Å². The monoisotopic (exact) mass is 658 g/mol. The third kappa shape index (κ3) is 4.59. The fraction of sp³-hybridized carbons (Fsp3) is 0.375. The Bertz CT molecular complexity index is 2140. The second kappa shape index (κ2) is 11.1. The van der Waals surface area contributed by atoms with E-state index in [0.29, 0.717) is 0 Å². The smallest absolute Gasteiger partial charge is 0.0543 e. The number of rotatable bonds is 4. The molecule has 0 N–H and O–H groups in total. The molecule has 2 heteroatoms. The van der Waals surface area contributed by atoms with E-state index >= 15 is 0 Å². The average Bonchev–Trinajstić information content (AvgIpc) is 3.43. The molecular weight excluding hydrogens is 605 g/mol. The molecule has 1 fully saturated rings. The topological polar surface area (TPSA) is 6.48 Å². The lowest BCUT2D eigenvalue weighted by molar-refractivity contribution is 0.195. The maximum absolute atomic E-state index is 2.73. The van der Waals surface area contributed by atoms with Crippen LogP contribution in [0.2, 0.25) is 0 Å². The van der Waals surface area contributed by atoms with Crippen molar-refractivity contribution in [2.75, 3.05) is 9.80 Å². The number of fused-ring (bicyclic) bond motifs is 6. The van der Waals surface area contributed by atoms with Gasteiger partial charge in [-0.3, -0.25) is 0 Å². The summed E-state index contributed by atoms with van der Waals surface area (Å²) in [7, 11) is 0. The highest BCUT2D eigenvalue weighted by Gasteiger charge is 2.57. The zero-order valence-electron chi connectivity index (χ0n) is 32.0. The molecule has 256 valence electrons. The van der Waals surface area contributed by atoms with Gasteiger partial charge in [0, 0.05) is 33.5 Å². The van der Waals surface area contributed by atoms with Gasteiger partial charge in [0.2, 0.25) is 0 Å². The van der Waals surface area contributed by atoms with Crippen molar-refractivity contribution in [3.05, 3.63) is 136 Å². The molecule has 3 aliphatic rings. The van der Waals surface area contributed by atoms with Gasteiger partial charge in [0.1, 0.15) is 0 Å². The van der Waals surface area contributed by atoms with Crippen LogP contribution < -0.4 is 9.80 Å². The van der Waals surface area contributed by atoms with Crippen LogP contribution in [0.15, 0.2) is 97.1 Å². The van der Waals surface area contributed by atoms with Crippen LogP contribution in [-0.4, -0.2) is 5.54 Å². The summed E-state index contributed by atoms with van der Waals surface area (Å²) in [6.45, 7) is 23.7. The Kier molecular flexibility index (Phi) is 7.30. The van der Waals surface area contributed by atoms with Gasteiger partial charge in [-0.2, -0.15) is 0 Å². The average molecular weight is 659 g/mol. The number of nitrogens with zero attached hydrogens (tertiary/aromatic N) is 2. The normalized spacial score (nSPS) is 21.8. The summed E-state index contributed by atoms with van der Waals surface area (Å²) in [6, 6.07) is 37.5. The quantitative estimate of drug-likeness (QED) is 0.190. The summed E-state index contributed by atoms with van der Waals surface area (Å²) in [5, 5.41) is 0. The maximum atomic E-state index is 2.73. The number of hydrogen-bond acceptors (Lipinski definition) is 2. The molecule has 0 amide bonds. The summed E-state index contributed by atoms with van der Waals surface area (Å²) >= 11 is 0. The molecule has 5 aromatic carbocycles. The summed E-state index contributed by atoms with van der Waals surface area (Å²) in [5.41, 5.74) is 18.8. The van der Waals surface area contributed by atoms with Crippen molar-refractivity contribution >= 4 is 28.4 Å². The van der Waals surface area contributed by atoms with Gasteiger partial charge in [-0.05, 0) is 121 Å². The third-order valence-corrected chi connectivity index (χ3v) is 13.0. The van der Waals surface area contributed by atoms with Gasteiger partial charge in [-0.1, -0.05) is 121 Å². The van der Waals surface area contributed by atoms with Crippen molar-refractivity contribution in [3.63, 3.8) is 0 Å². The summed E-state index contributed by atoms with van der Waals surface area (Å²) in [6.07, 6.45) is 4.98. The predicted octanol–water partition coefficient (Wildman–Crippen LogP) is 13.4. The van der Waals surface area contributed by atoms with E-state index in [-0.39, 0.29) is 21.8 Å².